The Bertz CT molecular complexity index is 720. The van der Waals surface area contributed by atoms with Gasteiger partial charge in [-0.05, 0) is 18.2 Å². The first-order chi connectivity index (χ1) is 10.5. The Morgan fingerprint density at radius 1 is 1.09 bits per heavy atom. The van der Waals surface area contributed by atoms with Crippen molar-refractivity contribution in [2.24, 2.45) is 0 Å². The number of hydrogen-bond acceptors (Lipinski definition) is 5. The molecule has 2 aromatic rings. The minimum Gasteiger partial charge on any atom is -0.475 e. The summed E-state index contributed by atoms with van der Waals surface area (Å²) in [4.78, 5) is 21.9. The van der Waals surface area contributed by atoms with Crippen LogP contribution in [0.3, 0.4) is 0 Å². The molecule has 22 heavy (non-hydrogen) atoms. The number of carbonyl (C=O) groups is 1. The fourth-order valence-electron chi connectivity index (χ4n) is 1.58. The molecule has 0 spiro atoms. The highest BCUT2D eigenvalue weighted by molar-refractivity contribution is 6.43. The maximum Gasteiger partial charge on any atom is 0.349 e. The third-order valence-corrected chi connectivity index (χ3v) is 3.35. The van der Waals surface area contributed by atoms with Crippen LogP contribution >= 0.6 is 23.2 Å². The predicted molar refractivity (Wildman–Crippen MR) is 80.7 cm³/mol. The van der Waals surface area contributed by atoms with Crippen LogP contribution in [-0.2, 0) is 4.79 Å². The van der Waals surface area contributed by atoms with E-state index >= 15 is 0 Å². The lowest BCUT2D eigenvalue weighted by Gasteiger charge is -2.08. The van der Waals surface area contributed by atoms with Gasteiger partial charge in [0.1, 0.15) is 5.02 Å². The first-order valence-electron chi connectivity index (χ1n) is 6.00. The summed E-state index contributed by atoms with van der Waals surface area (Å²) in [5, 5.41) is 11.2. The van der Waals surface area contributed by atoms with E-state index in [4.69, 9.17) is 32.7 Å². The molecule has 0 saturated carbocycles. The molecule has 0 radical (unpaired) electrons. The summed E-state index contributed by atoms with van der Waals surface area (Å²) in [6.07, 6.45) is 0. The standard InChI is InChI=1S/C14H9Cl2NO5/c15-9-4-3-7-12(14(9)16)22-13(18)8-21-11-6-2-1-5-10(11)17(19)20/h1-7H,8H2. The minimum absolute atomic E-state index is 0.0263. The van der Waals surface area contributed by atoms with Gasteiger partial charge in [0.25, 0.3) is 0 Å². The van der Waals surface area contributed by atoms with Crippen LogP contribution in [0.25, 0.3) is 0 Å². The molecular formula is C14H9Cl2NO5. The quantitative estimate of drug-likeness (QED) is 0.357. The molecule has 6 nitrogen and oxygen atoms in total. The normalized spacial score (nSPS) is 10.1. The number of nitro groups is 1. The van der Waals surface area contributed by atoms with E-state index in [1.807, 2.05) is 0 Å². The van der Waals surface area contributed by atoms with Crippen LogP contribution in [0, 0.1) is 10.1 Å². The number of para-hydroxylation sites is 2. The first kappa shape index (κ1) is 16.1. The van der Waals surface area contributed by atoms with Gasteiger partial charge >= 0.3 is 11.7 Å². The number of rotatable bonds is 5. The highest BCUT2D eigenvalue weighted by atomic mass is 35.5. The van der Waals surface area contributed by atoms with Gasteiger partial charge in [-0.2, -0.15) is 0 Å². The molecule has 0 N–H and O–H groups in total. The monoisotopic (exact) mass is 341 g/mol. The number of ether oxygens (including phenoxy) is 2. The lowest BCUT2D eigenvalue weighted by atomic mass is 10.3. The summed E-state index contributed by atoms with van der Waals surface area (Å²) in [6, 6.07) is 10.3. The Labute approximate surface area is 135 Å². The number of esters is 1. The second kappa shape index (κ2) is 7.11. The number of nitrogens with zero attached hydrogens (tertiary/aromatic N) is 1. The van der Waals surface area contributed by atoms with Crippen LogP contribution in [-0.4, -0.2) is 17.5 Å². The van der Waals surface area contributed by atoms with Crippen LogP contribution in [0.2, 0.25) is 10.0 Å². The second-order valence-corrected chi connectivity index (χ2v) is 4.82. The summed E-state index contributed by atoms with van der Waals surface area (Å²) in [7, 11) is 0. The average Bonchev–Trinajstić information content (AvgIpc) is 2.50. The van der Waals surface area contributed by atoms with Gasteiger partial charge in [0.05, 0.1) is 9.95 Å². The second-order valence-electron chi connectivity index (χ2n) is 4.04. The van der Waals surface area contributed by atoms with Crippen molar-refractivity contribution >= 4 is 34.9 Å². The maximum atomic E-state index is 11.7. The number of hydrogen-bond donors (Lipinski definition) is 0. The Hall–Kier alpha value is -2.31. The lowest BCUT2D eigenvalue weighted by molar-refractivity contribution is -0.385. The van der Waals surface area contributed by atoms with E-state index in [-0.39, 0.29) is 27.2 Å². The molecular weight excluding hydrogens is 333 g/mol. The molecule has 0 atom stereocenters. The zero-order chi connectivity index (χ0) is 16.1. The van der Waals surface area contributed by atoms with Gasteiger partial charge < -0.3 is 9.47 Å². The van der Waals surface area contributed by atoms with Crippen LogP contribution in [0.1, 0.15) is 0 Å². The van der Waals surface area contributed by atoms with Crippen molar-refractivity contribution in [3.8, 4) is 11.5 Å². The Morgan fingerprint density at radius 2 is 1.77 bits per heavy atom. The van der Waals surface area contributed by atoms with Gasteiger partial charge in [-0.25, -0.2) is 4.79 Å². The van der Waals surface area contributed by atoms with E-state index in [0.717, 1.165) is 0 Å². The van der Waals surface area contributed by atoms with Crippen LogP contribution < -0.4 is 9.47 Å². The van der Waals surface area contributed by atoms with Crippen molar-refractivity contribution in [3.05, 3.63) is 62.6 Å². The van der Waals surface area contributed by atoms with Crippen molar-refractivity contribution in [3.63, 3.8) is 0 Å². The highest BCUT2D eigenvalue weighted by Gasteiger charge is 2.16. The minimum atomic E-state index is -0.762. The van der Waals surface area contributed by atoms with Gasteiger partial charge in [-0.15, -0.1) is 0 Å². The van der Waals surface area contributed by atoms with Crippen LogP contribution in [0.15, 0.2) is 42.5 Å². The fourth-order valence-corrected chi connectivity index (χ4v) is 1.91. The molecule has 2 aromatic carbocycles. The Kier molecular flexibility index (Phi) is 5.19. The molecule has 0 aliphatic rings. The topological polar surface area (TPSA) is 78.7 Å². The van der Waals surface area contributed by atoms with Crippen molar-refractivity contribution in [1.29, 1.82) is 0 Å². The molecule has 0 aromatic heterocycles. The largest absolute Gasteiger partial charge is 0.475 e. The molecule has 0 aliphatic heterocycles. The van der Waals surface area contributed by atoms with Gasteiger partial charge in [0, 0.05) is 6.07 Å². The van der Waals surface area contributed by atoms with Gasteiger partial charge in [0.15, 0.2) is 18.1 Å². The SMILES string of the molecule is O=C(COc1ccccc1[N+](=O)[O-])Oc1cccc(Cl)c1Cl. The molecule has 0 fully saturated rings. The van der Waals surface area contributed by atoms with E-state index < -0.39 is 17.5 Å². The van der Waals surface area contributed by atoms with E-state index in [1.165, 1.54) is 24.3 Å². The zero-order valence-electron chi connectivity index (χ0n) is 11.0. The van der Waals surface area contributed by atoms with Crippen molar-refractivity contribution < 1.29 is 19.2 Å². The van der Waals surface area contributed by atoms with Crippen LogP contribution in [0.5, 0.6) is 11.5 Å². The van der Waals surface area contributed by atoms with E-state index in [0.29, 0.717) is 0 Å². The van der Waals surface area contributed by atoms with E-state index in [2.05, 4.69) is 0 Å². The molecule has 0 unspecified atom stereocenters. The van der Waals surface area contributed by atoms with Gasteiger partial charge in [-0.1, -0.05) is 41.4 Å². The smallest absolute Gasteiger partial charge is 0.349 e. The van der Waals surface area contributed by atoms with E-state index in [1.54, 1.807) is 18.2 Å². The van der Waals surface area contributed by atoms with E-state index in [9.17, 15) is 14.9 Å². The third-order valence-electron chi connectivity index (χ3n) is 2.55. The van der Waals surface area contributed by atoms with Crippen molar-refractivity contribution in [1.82, 2.24) is 0 Å². The molecule has 0 aliphatic carbocycles. The molecule has 0 bridgehead atoms. The number of nitro benzene ring substituents is 1. The summed E-state index contributed by atoms with van der Waals surface area (Å²) < 4.78 is 10.1. The Morgan fingerprint density at radius 3 is 2.50 bits per heavy atom. The highest BCUT2D eigenvalue weighted by Crippen LogP contribution is 2.31. The summed E-state index contributed by atoms with van der Waals surface area (Å²) in [5.41, 5.74) is -0.240. The average molecular weight is 342 g/mol. The molecule has 8 heteroatoms. The summed E-state index contributed by atoms with van der Waals surface area (Å²) in [6.45, 7) is -0.506. The molecule has 0 amide bonds. The molecule has 0 heterocycles. The molecule has 0 saturated heterocycles. The number of halogens is 2. The Balaban J connectivity index is 2.02. The van der Waals surface area contributed by atoms with Gasteiger partial charge in [-0.3, -0.25) is 10.1 Å². The maximum absolute atomic E-state index is 11.7. The van der Waals surface area contributed by atoms with Crippen molar-refractivity contribution in [2.75, 3.05) is 6.61 Å². The zero-order valence-corrected chi connectivity index (χ0v) is 12.5. The predicted octanol–water partition coefficient (Wildman–Crippen LogP) is 3.89. The first-order valence-corrected chi connectivity index (χ1v) is 6.75. The fraction of sp³-hybridized carbons (Fsp3) is 0.0714. The lowest BCUT2D eigenvalue weighted by Crippen LogP contribution is -2.18. The van der Waals surface area contributed by atoms with Crippen molar-refractivity contribution in [2.45, 2.75) is 0 Å². The summed E-state index contributed by atoms with van der Waals surface area (Å²) in [5.74, 6) is -0.700. The van der Waals surface area contributed by atoms with Crippen LogP contribution in [0.4, 0.5) is 5.69 Å². The van der Waals surface area contributed by atoms with Gasteiger partial charge in [0.2, 0.25) is 0 Å². The molecule has 2 rings (SSSR count). The number of benzene rings is 2. The summed E-state index contributed by atoms with van der Waals surface area (Å²) >= 11 is 11.7. The number of carbonyl (C=O) groups excluding carboxylic acids is 1. The molecule has 114 valence electrons. The third kappa shape index (κ3) is 3.87.